The zero-order valence-corrected chi connectivity index (χ0v) is 16.2. The number of carbonyl (C=O) groups excluding carboxylic acids is 1. The number of hydrogen-bond donors (Lipinski definition) is 2. The molecular weight excluding hydrogens is 384 g/mol. The van der Waals surface area contributed by atoms with Crippen molar-refractivity contribution in [2.45, 2.75) is 25.2 Å². The topological polar surface area (TPSA) is 137 Å². The molecule has 0 bridgehead atoms. The van der Waals surface area contributed by atoms with Crippen LogP contribution in [0.25, 0.3) is 11.1 Å². The van der Waals surface area contributed by atoms with E-state index >= 15 is 0 Å². The van der Waals surface area contributed by atoms with Crippen LogP contribution in [0.3, 0.4) is 0 Å². The van der Waals surface area contributed by atoms with E-state index in [-0.39, 0.29) is 11.5 Å². The third-order valence-corrected chi connectivity index (χ3v) is 5.03. The largest absolute Gasteiger partial charge is 0.462 e. The van der Waals surface area contributed by atoms with Crippen LogP contribution < -0.4 is 10.5 Å². The van der Waals surface area contributed by atoms with Crippen molar-refractivity contribution in [3.63, 3.8) is 0 Å². The van der Waals surface area contributed by atoms with Gasteiger partial charge in [-0.2, -0.15) is 0 Å². The highest BCUT2D eigenvalue weighted by Gasteiger charge is 2.23. The van der Waals surface area contributed by atoms with E-state index < -0.39 is 16.0 Å². The fourth-order valence-corrected chi connectivity index (χ4v) is 3.31. The number of nitrogens with two attached hydrogens (primary N) is 1. The maximum atomic E-state index is 12.3. The van der Waals surface area contributed by atoms with Crippen LogP contribution in [-0.2, 0) is 21.2 Å². The first-order valence-electron chi connectivity index (χ1n) is 8.58. The third-order valence-electron chi connectivity index (χ3n) is 4.10. The molecule has 0 aliphatic rings. The number of fused-ring (bicyclic) bond motifs is 1. The van der Waals surface area contributed by atoms with Gasteiger partial charge in [0.05, 0.1) is 16.9 Å². The van der Waals surface area contributed by atoms with Crippen LogP contribution in [0.1, 0.15) is 28.6 Å². The Bertz CT molecular complexity index is 1110. The average Bonchev–Trinajstić information content (AvgIpc) is 2.98. The van der Waals surface area contributed by atoms with E-state index in [1.165, 1.54) is 18.5 Å². The summed E-state index contributed by atoms with van der Waals surface area (Å²) >= 11 is 0. The monoisotopic (exact) mass is 404 g/mol. The molecule has 148 valence electrons. The van der Waals surface area contributed by atoms with Gasteiger partial charge in [-0.15, -0.1) is 0 Å². The van der Waals surface area contributed by atoms with Crippen molar-refractivity contribution in [3.8, 4) is 0 Å². The second-order valence-electron chi connectivity index (χ2n) is 6.02. The van der Waals surface area contributed by atoms with Crippen molar-refractivity contribution in [3.05, 3.63) is 47.5 Å². The molecule has 3 aromatic rings. The van der Waals surface area contributed by atoms with Gasteiger partial charge in [0.15, 0.2) is 0 Å². The van der Waals surface area contributed by atoms with Crippen LogP contribution in [0.4, 0.5) is 5.82 Å². The molecule has 0 spiro atoms. The van der Waals surface area contributed by atoms with Gasteiger partial charge in [0.25, 0.3) is 0 Å². The molecule has 2 aromatic heterocycles. The Morgan fingerprint density at radius 3 is 2.61 bits per heavy atom. The molecule has 0 saturated heterocycles. The molecule has 0 atom stereocenters. The Balaban J connectivity index is 1.78. The summed E-state index contributed by atoms with van der Waals surface area (Å²) in [6.07, 6.45) is 1.95. The standard InChI is InChI=1S/C18H20N4O5S/c1-3-26-18(23)14-11(2)27-17-15(14)16(21-10-22-17)20-9-8-12-4-6-13(7-5-12)28(19,24)25/h4-7,10H,3,8-9H2,1-2H3,(H2,19,24,25)(H,20,21,22). The van der Waals surface area contributed by atoms with E-state index in [1.807, 2.05) is 0 Å². The van der Waals surface area contributed by atoms with Crippen molar-refractivity contribution in [2.24, 2.45) is 5.14 Å². The van der Waals surface area contributed by atoms with Crippen LogP contribution >= 0.6 is 0 Å². The van der Waals surface area contributed by atoms with Crippen LogP contribution in [0.15, 0.2) is 39.9 Å². The maximum absolute atomic E-state index is 12.3. The normalized spacial score (nSPS) is 11.5. The molecule has 0 amide bonds. The Hall–Kier alpha value is -2.98. The van der Waals surface area contributed by atoms with E-state index in [4.69, 9.17) is 14.3 Å². The van der Waals surface area contributed by atoms with Gasteiger partial charge in [-0.1, -0.05) is 12.1 Å². The Kier molecular flexibility index (Phi) is 5.61. The van der Waals surface area contributed by atoms with Crippen molar-refractivity contribution in [1.29, 1.82) is 0 Å². The van der Waals surface area contributed by atoms with Gasteiger partial charge in [-0.05, 0) is 38.0 Å². The highest BCUT2D eigenvalue weighted by atomic mass is 32.2. The lowest BCUT2D eigenvalue weighted by atomic mass is 10.1. The molecule has 0 saturated carbocycles. The number of rotatable bonds is 7. The minimum absolute atomic E-state index is 0.0645. The lowest BCUT2D eigenvalue weighted by molar-refractivity contribution is 0.0526. The van der Waals surface area contributed by atoms with Gasteiger partial charge in [0, 0.05) is 6.54 Å². The molecule has 0 unspecified atom stereocenters. The highest BCUT2D eigenvalue weighted by Crippen LogP contribution is 2.29. The van der Waals surface area contributed by atoms with Gasteiger partial charge in [-0.3, -0.25) is 0 Å². The van der Waals surface area contributed by atoms with Crippen molar-refractivity contribution in [1.82, 2.24) is 9.97 Å². The predicted molar refractivity (Wildman–Crippen MR) is 103 cm³/mol. The summed E-state index contributed by atoms with van der Waals surface area (Å²) in [4.78, 5) is 20.6. The molecule has 2 heterocycles. The second kappa shape index (κ2) is 7.95. The number of benzene rings is 1. The Morgan fingerprint density at radius 2 is 1.96 bits per heavy atom. The molecule has 28 heavy (non-hydrogen) atoms. The number of nitrogens with one attached hydrogen (secondary N) is 1. The predicted octanol–water partition coefficient (Wildman–Crippen LogP) is 2.01. The average molecular weight is 404 g/mol. The minimum atomic E-state index is -3.71. The Labute approximate surface area is 162 Å². The van der Waals surface area contributed by atoms with E-state index in [9.17, 15) is 13.2 Å². The highest BCUT2D eigenvalue weighted by molar-refractivity contribution is 7.89. The summed E-state index contributed by atoms with van der Waals surface area (Å²) < 4.78 is 33.3. The number of sulfonamides is 1. The molecule has 0 aliphatic heterocycles. The molecule has 3 N–H and O–H groups in total. The maximum Gasteiger partial charge on any atom is 0.342 e. The first-order chi connectivity index (χ1) is 13.3. The number of aryl methyl sites for hydroxylation is 1. The molecular formula is C18H20N4O5S. The smallest absolute Gasteiger partial charge is 0.342 e. The van der Waals surface area contributed by atoms with Gasteiger partial charge >= 0.3 is 5.97 Å². The summed E-state index contributed by atoms with van der Waals surface area (Å²) in [6.45, 7) is 4.14. The van der Waals surface area contributed by atoms with Gasteiger partial charge in [-0.25, -0.2) is 28.3 Å². The van der Waals surface area contributed by atoms with Gasteiger partial charge < -0.3 is 14.5 Å². The van der Waals surface area contributed by atoms with E-state index in [0.717, 1.165) is 5.56 Å². The number of nitrogens with zero attached hydrogens (tertiary/aromatic N) is 2. The summed E-state index contributed by atoms with van der Waals surface area (Å²) in [5, 5.41) is 8.74. The summed E-state index contributed by atoms with van der Waals surface area (Å²) in [7, 11) is -3.71. The minimum Gasteiger partial charge on any atom is -0.462 e. The molecule has 0 aliphatic carbocycles. The molecule has 1 aromatic carbocycles. The number of aromatic nitrogens is 2. The number of anilines is 1. The van der Waals surface area contributed by atoms with E-state index in [2.05, 4.69) is 15.3 Å². The SMILES string of the molecule is CCOC(=O)c1c(C)oc2ncnc(NCCc3ccc(S(N)(=O)=O)cc3)c12. The fourth-order valence-electron chi connectivity index (χ4n) is 2.80. The lowest BCUT2D eigenvalue weighted by Crippen LogP contribution is -2.12. The summed E-state index contributed by atoms with van der Waals surface area (Å²) in [5.41, 5.74) is 1.52. The fraction of sp³-hybridized carbons (Fsp3) is 0.278. The third kappa shape index (κ3) is 4.12. The van der Waals surface area contributed by atoms with Crippen LogP contribution in [0.2, 0.25) is 0 Å². The van der Waals surface area contributed by atoms with Crippen molar-refractivity contribution < 1.29 is 22.4 Å². The van der Waals surface area contributed by atoms with Crippen molar-refractivity contribution in [2.75, 3.05) is 18.5 Å². The molecule has 0 radical (unpaired) electrons. The number of hydrogen-bond acceptors (Lipinski definition) is 8. The molecule has 0 fully saturated rings. The zero-order valence-electron chi connectivity index (χ0n) is 15.4. The number of primary sulfonamides is 1. The zero-order chi connectivity index (χ0) is 20.3. The second-order valence-corrected chi connectivity index (χ2v) is 7.58. The summed E-state index contributed by atoms with van der Waals surface area (Å²) in [6, 6.07) is 6.32. The lowest BCUT2D eigenvalue weighted by Gasteiger charge is -2.08. The number of esters is 1. The van der Waals surface area contributed by atoms with Crippen molar-refractivity contribution >= 4 is 32.9 Å². The molecule has 9 nitrogen and oxygen atoms in total. The van der Waals surface area contributed by atoms with Gasteiger partial charge in [0.1, 0.15) is 23.5 Å². The summed E-state index contributed by atoms with van der Waals surface area (Å²) in [5.74, 6) is 0.386. The van der Waals surface area contributed by atoms with E-state index in [0.29, 0.717) is 41.2 Å². The molecule has 10 heteroatoms. The van der Waals surface area contributed by atoms with Crippen LogP contribution in [-0.4, -0.2) is 37.5 Å². The first-order valence-corrected chi connectivity index (χ1v) is 10.1. The van der Waals surface area contributed by atoms with Gasteiger partial charge in [0.2, 0.25) is 15.7 Å². The quantitative estimate of drug-likeness (QED) is 0.570. The Morgan fingerprint density at radius 1 is 1.25 bits per heavy atom. The van der Waals surface area contributed by atoms with E-state index in [1.54, 1.807) is 26.0 Å². The number of carbonyl (C=O) groups is 1. The molecule has 3 rings (SSSR count). The van der Waals surface area contributed by atoms with Crippen LogP contribution in [0.5, 0.6) is 0 Å². The number of ether oxygens (including phenoxy) is 1. The first kappa shape index (κ1) is 19.8. The number of furan rings is 1. The van der Waals surface area contributed by atoms with Crippen LogP contribution in [0, 0.1) is 6.92 Å².